The monoisotopic (exact) mass is 284 g/mol. The second kappa shape index (κ2) is 6.68. The van der Waals surface area contributed by atoms with Crippen molar-refractivity contribution >= 4 is 8.07 Å². The van der Waals surface area contributed by atoms with Crippen LogP contribution in [-0.4, -0.2) is 28.5 Å². The Balaban J connectivity index is 2.78. The molecule has 1 atom stereocenters. The molecule has 0 aliphatic carbocycles. The van der Waals surface area contributed by atoms with E-state index in [4.69, 9.17) is 4.74 Å². The smallest absolute Gasteiger partial charge is 0.124 e. The molecule has 0 bridgehead atoms. The van der Waals surface area contributed by atoms with Crippen molar-refractivity contribution in [1.29, 1.82) is 0 Å². The summed E-state index contributed by atoms with van der Waals surface area (Å²) in [6.07, 6.45) is 2.66. The van der Waals surface area contributed by atoms with Crippen LogP contribution in [0.15, 0.2) is 6.20 Å². The van der Waals surface area contributed by atoms with Gasteiger partial charge in [0.25, 0.3) is 0 Å². The van der Waals surface area contributed by atoms with Gasteiger partial charge >= 0.3 is 0 Å². The average Bonchev–Trinajstić information content (AvgIpc) is 2.66. The molecule has 0 aromatic carbocycles. The summed E-state index contributed by atoms with van der Waals surface area (Å²) in [6, 6.07) is 0. The predicted octanol–water partition coefficient (Wildman–Crippen LogP) is 2.81. The fourth-order valence-corrected chi connectivity index (χ4v) is 2.28. The van der Waals surface area contributed by atoms with E-state index in [-0.39, 0.29) is 12.3 Å². The quantitative estimate of drug-likeness (QED) is 0.783. The third kappa shape index (κ3) is 4.74. The Morgan fingerprint density at radius 1 is 1.32 bits per heavy atom. The molecule has 0 fully saturated rings. The van der Waals surface area contributed by atoms with Crippen LogP contribution in [0.5, 0.6) is 0 Å². The first-order valence-corrected chi connectivity index (χ1v) is 10.6. The number of aliphatic hydroxyl groups excluding tert-OH is 1. The molecule has 110 valence electrons. The normalized spacial score (nSPS) is 14.1. The lowest BCUT2D eigenvalue weighted by Crippen LogP contribution is -2.38. The van der Waals surface area contributed by atoms with E-state index in [1.54, 1.807) is 6.20 Å². The molecule has 5 heteroatoms. The van der Waals surface area contributed by atoms with Gasteiger partial charge in [0, 0.05) is 12.1 Å². The Hall–Kier alpha value is -0.653. The van der Waals surface area contributed by atoms with Crippen molar-refractivity contribution in [2.75, 3.05) is 0 Å². The number of hydrogen-bond donors (Lipinski definition) is 1. The highest BCUT2D eigenvalue weighted by molar-refractivity contribution is 6.77. The molecule has 0 radical (unpaired) electrons. The highest BCUT2D eigenvalue weighted by Gasteiger charge is 2.23. The van der Waals surface area contributed by atoms with Crippen molar-refractivity contribution in [2.24, 2.45) is 5.92 Å². The summed E-state index contributed by atoms with van der Waals surface area (Å²) in [6.45, 7) is 13.9. The van der Waals surface area contributed by atoms with Gasteiger partial charge in [0.2, 0.25) is 0 Å². The van der Waals surface area contributed by atoms with E-state index >= 15 is 0 Å². The summed E-state index contributed by atoms with van der Waals surface area (Å²) in [5.41, 5.74) is 1.12. The van der Waals surface area contributed by atoms with Gasteiger partial charge in [-0.15, -0.1) is 0 Å². The molecule has 1 unspecified atom stereocenters. The van der Waals surface area contributed by atoms with Gasteiger partial charge in [0.1, 0.15) is 12.6 Å². The van der Waals surface area contributed by atoms with Gasteiger partial charge < -0.3 is 14.4 Å². The molecule has 1 heterocycles. The van der Waals surface area contributed by atoms with Crippen LogP contribution in [0, 0.1) is 5.92 Å². The third-order valence-corrected chi connectivity index (χ3v) is 6.05. The minimum Gasteiger partial charge on any atom is -0.390 e. The van der Waals surface area contributed by atoms with Gasteiger partial charge in [-0.25, -0.2) is 4.98 Å². The lowest BCUT2D eigenvalue weighted by atomic mass is 10.1. The summed E-state index contributed by atoms with van der Waals surface area (Å²) in [5.74, 6) is 1.55. The van der Waals surface area contributed by atoms with Crippen molar-refractivity contribution in [3.63, 3.8) is 0 Å². The molecule has 0 aliphatic heterocycles. The maximum atomic E-state index is 9.38. The van der Waals surface area contributed by atoms with E-state index < -0.39 is 8.07 Å². The van der Waals surface area contributed by atoms with Crippen LogP contribution >= 0.6 is 0 Å². The van der Waals surface area contributed by atoms with E-state index in [1.165, 1.54) is 0 Å². The molecular formula is C14H28N2O2Si. The predicted molar refractivity (Wildman–Crippen MR) is 80.6 cm³/mol. The molecule has 0 spiro atoms. The molecule has 1 N–H and O–H groups in total. The Kier molecular flexibility index (Phi) is 5.76. The molecule has 0 saturated heterocycles. The van der Waals surface area contributed by atoms with E-state index in [0.717, 1.165) is 17.9 Å². The molecule has 1 aromatic rings. The van der Waals surface area contributed by atoms with E-state index in [2.05, 4.69) is 45.4 Å². The summed E-state index contributed by atoms with van der Waals surface area (Å²) < 4.78 is 8.00. The number of imidazole rings is 1. The summed E-state index contributed by atoms with van der Waals surface area (Å²) in [4.78, 5) is 4.40. The number of hydrogen-bond acceptors (Lipinski definition) is 3. The number of rotatable bonds is 7. The van der Waals surface area contributed by atoms with E-state index in [1.807, 2.05) is 4.57 Å². The second-order valence-corrected chi connectivity index (χ2v) is 12.2. The van der Waals surface area contributed by atoms with Gasteiger partial charge in [-0.3, -0.25) is 0 Å². The minimum atomic E-state index is -1.29. The standard InChI is InChI=1S/C14H28N2O2Si/c1-11(2)7-14-15-8-13(9-17)16(14)10-18-12(3)19(4,5)6/h8,11-12,17H,7,9-10H2,1-6H3. The van der Waals surface area contributed by atoms with Crippen molar-refractivity contribution < 1.29 is 9.84 Å². The summed E-state index contributed by atoms with van der Waals surface area (Å²) in [5, 5.41) is 9.38. The lowest BCUT2D eigenvalue weighted by molar-refractivity contribution is 0.0507. The molecule has 4 nitrogen and oxygen atoms in total. The second-order valence-electron chi connectivity index (χ2n) is 6.65. The van der Waals surface area contributed by atoms with Crippen LogP contribution in [0.25, 0.3) is 0 Å². The van der Waals surface area contributed by atoms with Gasteiger partial charge in [-0.2, -0.15) is 0 Å². The number of nitrogens with zero attached hydrogens (tertiary/aromatic N) is 2. The highest BCUT2D eigenvalue weighted by Crippen LogP contribution is 2.15. The van der Waals surface area contributed by atoms with Crippen LogP contribution in [0.3, 0.4) is 0 Å². The summed E-state index contributed by atoms with van der Waals surface area (Å²) in [7, 11) is -1.29. The molecule has 1 aromatic heterocycles. The summed E-state index contributed by atoms with van der Waals surface area (Å²) >= 11 is 0. The largest absolute Gasteiger partial charge is 0.390 e. The highest BCUT2D eigenvalue weighted by atomic mass is 28.3. The van der Waals surface area contributed by atoms with E-state index in [0.29, 0.717) is 12.6 Å². The Morgan fingerprint density at radius 3 is 2.42 bits per heavy atom. The first-order valence-electron chi connectivity index (χ1n) is 7.01. The molecule has 0 saturated carbocycles. The average molecular weight is 284 g/mol. The SMILES string of the molecule is CC(C)Cc1ncc(CO)n1COC(C)[Si](C)(C)C. The molecule has 19 heavy (non-hydrogen) atoms. The number of aliphatic hydroxyl groups is 1. The van der Waals surface area contributed by atoms with Crippen LogP contribution < -0.4 is 0 Å². The molecule has 1 rings (SSSR count). The van der Waals surface area contributed by atoms with Crippen molar-refractivity contribution in [1.82, 2.24) is 9.55 Å². The van der Waals surface area contributed by atoms with Gasteiger partial charge in [-0.05, 0) is 12.8 Å². The third-order valence-electron chi connectivity index (χ3n) is 3.45. The maximum Gasteiger partial charge on any atom is 0.124 e. The fraction of sp³-hybridized carbons (Fsp3) is 0.786. The van der Waals surface area contributed by atoms with E-state index in [9.17, 15) is 5.11 Å². The fourth-order valence-electron chi connectivity index (χ4n) is 1.70. The molecule has 0 amide bonds. The van der Waals surface area contributed by atoms with Crippen LogP contribution in [0.4, 0.5) is 0 Å². The van der Waals surface area contributed by atoms with Gasteiger partial charge in [0.15, 0.2) is 0 Å². The number of ether oxygens (including phenoxy) is 1. The zero-order chi connectivity index (χ0) is 14.6. The van der Waals surface area contributed by atoms with Crippen molar-refractivity contribution in [3.05, 3.63) is 17.7 Å². The van der Waals surface area contributed by atoms with Crippen LogP contribution in [-0.2, 0) is 24.5 Å². The number of aromatic nitrogens is 2. The first kappa shape index (κ1) is 16.4. The topological polar surface area (TPSA) is 47.3 Å². The van der Waals surface area contributed by atoms with Crippen molar-refractivity contribution in [3.8, 4) is 0 Å². The van der Waals surface area contributed by atoms with Crippen LogP contribution in [0.2, 0.25) is 19.6 Å². The Morgan fingerprint density at radius 2 is 1.95 bits per heavy atom. The zero-order valence-corrected chi connectivity index (χ0v) is 14.1. The first-order chi connectivity index (χ1) is 8.75. The Bertz CT molecular complexity index is 397. The minimum absolute atomic E-state index is 0.00970. The lowest BCUT2D eigenvalue weighted by Gasteiger charge is -2.26. The molecular weight excluding hydrogens is 256 g/mol. The Labute approximate surface area is 117 Å². The van der Waals surface area contributed by atoms with Crippen LogP contribution in [0.1, 0.15) is 32.3 Å². The van der Waals surface area contributed by atoms with Gasteiger partial charge in [0.05, 0.1) is 26.6 Å². The van der Waals surface area contributed by atoms with Crippen molar-refractivity contribution in [2.45, 2.75) is 65.9 Å². The molecule has 0 aliphatic rings. The van der Waals surface area contributed by atoms with Gasteiger partial charge in [-0.1, -0.05) is 33.5 Å². The zero-order valence-electron chi connectivity index (χ0n) is 13.1. The maximum absolute atomic E-state index is 9.38.